The average Bonchev–Trinajstić information content (AvgIpc) is 3.29. The topological polar surface area (TPSA) is 67.3 Å². The van der Waals surface area contributed by atoms with E-state index in [-0.39, 0.29) is 11.8 Å². The van der Waals surface area contributed by atoms with Gasteiger partial charge in [-0.1, -0.05) is 48.5 Å². The Labute approximate surface area is 197 Å². The normalized spacial score (nSPS) is 16.2. The molecule has 5 rings (SSSR count). The number of hydrogen-bond acceptors (Lipinski definition) is 6. The van der Waals surface area contributed by atoms with Gasteiger partial charge in [0.2, 0.25) is 5.91 Å². The zero-order valence-electron chi connectivity index (χ0n) is 18.5. The molecule has 0 spiro atoms. The molecule has 168 valence electrons. The van der Waals surface area contributed by atoms with Crippen LogP contribution in [0.2, 0.25) is 0 Å². The molecule has 33 heavy (non-hydrogen) atoms. The van der Waals surface area contributed by atoms with Crippen LogP contribution in [0.25, 0.3) is 21.3 Å². The number of piperidine rings is 1. The Kier molecular flexibility index (Phi) is 6.32. The van der Waals surface area contributed by atoms with Crippen molar-refractivity contribution in [3.05, 3.63) is 71.9 Å². The van der Waals surface area contributed by atoms with Crippen molar-refractivity contribution in [2.75, 3.05) is 30.4 Å². The minimum absolute atomic E-state index is 0.0573. The molecular formula is C26H26N4O2S. The fraction of sp³-hybridized carbons (Fsp3) is 0.269. The molecule has 0 saturated carbocycles. The fourth-order valence-corrected chi connectivity index (χ4v) is 5.33. The number of hydrogen-bond donors (Lipinski definition) is 1. The number of ether oxygens (including phenoxy) is 1. The molecule has 1 aliphatic rings. The molecule has 1 N–H and O–H groups in total. The lowest BCUT2D eigenvalue weighted by Gasteiger charge is -2.33. The highest BCUT2D eigenvalue weighted by molar-refractivity contribution is 7.17. The number of aromatic nitrogens is 2. The second-order valence-electron chi connectivity index (χ2n) is 8.23. The van der Waals surface area contributed by atoms with Crippen LogP contribution >= 0.6 is 11.3 Å². The number of carbonyl (C=O) groups is 1. The molecule has 4 aromatic rings. The van der Waals surface area contributed by atoms with Crippen molar-refractivity contribution in [3.8, 4) is 11.1 Å². The fourth-order valence-electron chi connectivity index (χ4n) is 4.37. The first-order valence-corrected chi connectivity index (χ1v) is 12.0. The first kappa shape index (κ1) is 21.6. The molecule has 1 aliphatic heterocycles. The summed E-state index contributed by atoms with van der Waals surface area (Å²) < 4.78 is 5.33. The summed E-state index contributed by atoms with van der Waals surface area (Å²) in [6.45, 7) is 1.84. The van der Waals surface area contributed by atoms with Gasteiger partial charge in [-0.25, -0.2) is 9.97 Å². The number of rotatable bonds is 6. The van der Waals surface area contributed by atoms with Crippen LogP contribution in [0.15, 0.2) is 66.0 Å². The summed E-state index contributed by atoms with van der Waals surface area (Å²) in [4.78, 5) is 25.9. The van der Waals surface area contributed by atoms with Gasteiger partial charge in [-0.15, -0.1) is 11.3 Å². The molecule has 1 saturated heterocycles. The Hall–Kier alpha value is -3.29. The third-order valence-electron chi connectivity index (χ3n) is 5.95. The summed E-state index contributed by atoms with van der Waals surface area (Å²) in [6.07, 6.45) is 1.80. The van der Waals surface area contributed by atoms with Crippen molar-refractivity contribution in [2.24, 2.45) is 5.92 Å². The van der Waals surface area contributed by atoms with Crippen LogP contribution in [-0.2, 0) is 16.1 Å². The van der Waals surface area contributed by atoms with E-state index >= 15 is 0 Å². The highest BCUT2D eigenvalue weighted by Crippen LogP contribution is 2.39. The molecule has 2 aromatic heterocycles. The van der Waals surface area contributed by atoms with E-state index in [2.05, 4.69) is 27.7 Å². The summed E-state index contributed by atoms with van der Waals surface area (Å²) in [5, 5.41) is 6.27. The molecule has 0 aliphatic carbocycles. The van der Waals surface area contributed by atoms with Crippen molar-refractivity contribution >= 4 is 39.0 Å². The summed E-state index contributed by atoms with van der Waals surface area (Å²) in [6, 6.07) is 20.0. The van der Waals surface area contributed by atoms with Crippen LogP contribution in [0, 0.1) is 5.92 Å². The molecule has 2 aromatic carbocycles. The van der Waals surface area contributed by atoms with Gasteiger partial charge in [-0.2, -0.15) is 0 Å². The quantitative estimate of drug-likeness (QED) is 0.421. The largest absolute Gasteiger partial charge is 0.377 e. The number of anilines is 2. The van der Waals surface area contributed by atoms with Gasteiger partial charge < -0.3 is 15.0 Å². The van der Waals surface area contributed by atoms with Crippen LogP contribution in [0.5, 0.6) is 0 Å². The van der Waals surface area contributed by atoms with Crippen LogP contribution in [0.4, 0.5) is 11.5 Å². The highest BCUT2D eigenvalue weighted by atomic mass is 32.1. The first-order chi connectivity index (χ1) is 16.2. The summed E-state index contributed by atoms with van der Waals surface area (Å²) in [5.74, 6) is 1.51. The van der Waals surface area contributed by atoms with Gasteiger partial charge in [-0.3, -0.25) is 4.79 Å². The van der Waals surface area contributed by atoms with Crippen molar-refractivity contribution in [3.63, 3.8) is 0 Å². The van der Waals surface area contributed by atoms with E-state index in [1.165, 1.54) is 0 Å². The van der Waals surface area contributed by atoms with E-state index < -0.39 is 0 Å². The third kappa shape index (κ3) is 4.60. The molecule has 0 radical (unpaired) electrons. The highest BCUT2D eigenvalue weighted by Gasteiger charge is 2.29. The molecule has 1 fully saturated rings. The van der Waals surface area contributed by atoms with Crippen LogP contribution in [-0.4, -0.2) is 36.1 Å². The zero-order chi connectivity index (χ0) is 22.6. The third-order valence-corrected chi connectivity index (χ3v) is 6.82. The zero-order valence-corrected chi connectivity index (χ0v) is 19.3. The van der Waals surface area contributed by atoms with E-state index in [0.29, 0.717) is 19.0 Å². The Morgan fingerprint density at radius 1 is 1.12 bits per heavy atom. The molecule has 6 nitrogen and oxygen atoms in total. The van der Waals surface area contributed by atoms with E-state index in [0.717, 1.165) is 52.2 Å². The first-order valence-electron chi connectivity index (χ1n) is 11.2. The number of carbonyl (C=O) groups excluding carboxylic acids is 1. The van der Waals surface area contributed by atoms with E-state index in [1.54, 1.807) is 18.4 Å². The van der Waals surface area contributed by atoms with Crippen molar-refractivity contribution in [1.29, 1.82) is 0 Å². The average molecular weight is 459 g/mol. The smallest absolute Gasteiger partial charge is 0.229 e. The van der Waals surface area contributed by atoms with Crippen molar-refractivity contribution in [1.82, 2.24) is 9.97 Å². The van der Waals surface area contributed by atoms with Crippen LogP contribution < -0.4 is 10.2 Å². The molecule has 0 bridgehead atoms. The number of benzene rings is 2. The Balaban J connectivity index is 1.49. The van der Waals surface area contributed by atoms with Gasteiger partial charge in [0.05, 0.1) is 11.3 Å². The predicted molar refractivity (Wildman–Crippen MR) is 134 cm³/mol. The molecule has 7 heteroatoms. The second-order valence-corrected chi connectivity index (χ2v) is 9.09. The van der Waals surface area contributed by atoms with Crippen LogP contribution in [0.3, 0.4) is 0 Å². The number of methoxy groups -OCH3 is 1. The Morgan fingerprint density at radius 2 is 1.88 bits per heavy atom. The van der Waals surface area contributed by atoms with Crippen LogP contribution in [0.1, 0.15) is 18.7 Å². The van der Waals surface area contributed by atoms with Crippen molar-refractivity contribution in [2.45, 2.75) is 19.4 Å². The number of nitrogens with one attached hydrogen (secondary N) is 1. The maximum Gasteiger partial charge on any atom is 0.229 e. The van der Waals surface area contributed by atoms with E-state index in [1.807, 2.05) is 48.5 Å². The lowest BCUT2D eigenvalue weighted by Crippen LogP contribution is -2.41. The van der Waals surface area contributed by atoms with Gasteiger partial charge in [0.25, 0.3) is 0 Å². The number of para-hydroxylation sites is 1. The van der Waals surface area contributed by atoms with E-state index in [9.17, 15) is 4.79 Å². The lowest BCUT2D eigenvalue weighted by molar-refractivity contribution is -0.120. The molecule has 1 unspecified atom stereocenters. The standard InChI is InChI=1S/C26H26N4O2S/c1-32-16-22-28-24(23-21(17-33-26(23)29-22)18-9-4-2-5-10-18)30-14-8-11-19(15-30)25(31)27-20-12-6-3-7-13-20/h2-7,9-10,12-13,17,19H,8,11,14-16H2,1H3,(H,27,31). The van der Waals surface area contributed by atoms with Gasteiger partial charge in [0.15, 0.2) is 5.82 Å². The number of thiophene rings is 1. The maximum atomic E-state index is 13.0. The van der Waals surface area contributed by atoms with Gasteiger partial charge >= 0.3 is 0 Å². The van der Waals surface area contributed by atoms with E-state index in [4.69, 9.17) is 14.7 Å². The molecule has 3 heterocycles. The van der Waals surface area contributed by atoms with Gasteiger partial charge in [-0.05, 0) is 30.5 Å². The minimum Gasteiger partial charge on any atom is -0.377 e. The molecule has 1 amide bonds. The summed E-state index contributed by atoms with van der Waals surface area (Å²) in [5.41, 5.74) is 3.10. The number of amides is 1. The van der Waals surface area contributed by atoms with Gasteiger partial charge in [0, 0.05) is 36.8 Å². The lowest BCUT2D eigenvalue weighted by atomic mass is 9.96. The Morgan fingerprint density at radius 3 is 2.64 bits per heavy atom. The monoisotopic (exact) mass is 458 g/mol. The molecular weight excluding hydrogens is 432 g/mol. The SMILES string of the molecule is COCc1nc(N2CCCC(C(=O)Nc3ccccc3)C2)c2c(-c3ccccc3)csc2n1. The summed E-state index contributed by atoms with van der Waals surface area (Å²) in [7, 11) is 1.65. The van der Waals surface area contributed by atoms with Gasteiger partial charge in [0.1, 0.15) is 17.3 Å². The molecule has 1 atom stereocenters. The second kappa shape index (κ2) is 9.68. The minimum atomic E-state index is -0.103. The Bertz CT molecular complexity index is 1240. The predicted octanol–water partition coefficient (Wildman–Crippen LogP) is 5.36. The number of nitrogens with zero attached hydrogens (tertiary/aromatic N) is 3. The number of fused-ring (bicyclic) bond motifs is 1. The van der Waals surface area contributed by atoms with Crippen molar-refractivity contribution < 1.29 is 9.53 Å². The maximum absolute atomic E-state index is 13.0. The summed E-state index contributed by atoms with van der Waals surface area (Å²) >= 11 is 1.62.